The molecule has 6 heteroatoms. The number of hydrogen-bond donors (Lipinski definition) is 1. The number of fused-ring (bicyclic) bond motifs is 1. The number of nitrogens with one attached hydrogen (secondary N) is 1. The molecule has 0 aliphatic rings. The van der Waals surface area contributed by atoms with E-state index in [4.69, 9.17) is 4.74 Å². The number of para-hydroxylation sites is 1. The number of ether oxygens (including phenoxy) is 1. The van der Waals surface area contributed by atoms with Gasteiger partial charge in [0.2, 0.25) is 0 Å². The molecule has 0 aliphatic heterocycles. The van der Waals surface area contributed by atoms with Crippen molar-refractivity contribution in [1.82, 2.24) is 4.98 Å². The lowest BCUT2D eigenvalue weighted by atomic mass is 10.0. The third kappa shape index (κ3) is 3.79. The topological polar surface area (TPSA) is 68.3 Å². The van der Waals surface area contributed by atoms with Crippen molar-refractivity contribution in [3.63, 3.8) is 0 Å². The summed E-state index contributed by atoms with van der Waals surface area (Å²) in [5, 5.41) is 0.517. The Kier molecular flexibility index (Phi) is 5.18. The van der Waals surface area contributed by atoms with Crippen LogP contribution in [-0.2, 0) is 10.0 Å². The van der Waals surface area contributed by atoms with Crippen molar-refractivity contribution in [2.45, 2.75) is 11.8 Å². The molecule has 0 amide bonds. The summed E-state index contributed by atoms with van der Waals surface area (Å²) < 4.78 is 34.9. The Morgan fingerprint density at radius 2 is 1.66 bits per heavy atom. The molecule has 3 aromatic carbocycles. The van der Waals surface area contributed by atoms with E-state index < -0.39 is 10.0 Å². The molecule has 29 heavy (non-hydrogen) atoms. The fraction of sp³-hybridized carbons (Fsp3) is 0.0870. The molecular formula is C23H20N2O3S. The van der Waals surface area contributed by atoms with Crippen molar-refractivity contribution in [1.29, 1.82) is 0 Å². The molecule has 4 aromatic rings. The number of aromatic nitrogens is 1. The van der Waals surface area contributed by atoms with Crippen molar-refractivity contribution in [2.24, 2.45) is 0 Å². The van der Waals surface area contributed by atoms with E-state index >= 15 is 0 Å². The Bertz CT molecular complexity index is 1260. The SMILES string of the molecule is CCOc1ccc(S(=O)(=O)Nc2ccccc2-c2ccccc2)c2cccnc12. The Labute approximate surface area is 170 Å². The molecule has 1 heterocycles. The lowest BCUT2D eigenvalue weighted by molar-refractivity contribution is 0.343. The van der Waals surface area contributed by atoms with Gasteiger partial charge in [0.1, 0.15) is 11.3 Å². The van der Waals surface area contributed by atoms with Crippen molar-refractivity contribution >= 4 is 26.6 Å². The highest BCUT2D eigenvalue weighted by atomic mass is 32.2. The van der Waals surface area contributed by atoms with E-state index in [1.165, 1.54) is 0 Å². The van der Waals surface area contributed by atoms with E-state index in [9.17, 15) is 8.42 Å². The maximum absolute atomic E-state index is 13.3. The first-order valence-electron chi connectivity index (χ1n) is 9.28. The van der Waals surface area contributed by atoms with Crippen LogP contribution in [-0.4, -0.2) is 20.0 Å². The number of rotatable bonds is 6. The van der Waals surface area contributed by atoms with Crippen molar-refractivity contribution < 1.29 is 13.2 Å². The van der Waals surface area contributed by atoms with Crippen LogP contribution < -0.4 is 9.46 Å². The summed E-state index contributed by atoms with van der Waals surface area (Å²) in [5.41, 5.74) is 2.78. The minimum absolute atomic E-state index is 0.159. The van der Waals surface area contributed by atoms with Crippen LogP contribution >= 0.6 is 0 Å². The average Bonchev–Trinajstić information content (AvgIpc) is 2.75. The Balaban J connectivity index is 1.80. The molecule has 5 nitrogen and oxygen atoms in total. The molecule has 1 aromatic heterocycles. The van der Waals surface area contributed by atoms with Gasteiger partial charge in [0.05, 0.1) is 17.2 Å². The predicted molar refractivity (Wildman–Crippen MR) is 116 cm³/mol. The molecule has 146 valence electrons. The van der Waals surface area contributed by atoms with Gasteiger partial charge in [-0.05, 0) is 42.8 Å². The van der Waals surface area contributed by atoms with Gasteiger partial charge in [0.25, 0.3) is 10.0 Å². The quantitative estimate of drug-likeness (QED) is 0.485. The van der Waals surface area contributed by atoms with E-state index in [0.717, 1.165) is 11.1 Å². The molecule has 0 radical (unpaired) electrons. The number of nitrogens with zero attached hydrogens (tertiary/aromatic N) is 1. The molecular weight excluding hydrogens is 384 g/mol. The summed E-state index contributed by atoms with van der Waals surface area (Å²) in [5.74, 6) is 0.562. The molecule has 4 rings (SSSR count). The molecule has 0 saturated heterocycles. The van der Waals surface area contributed by atoms with Crippen LogP contribution in [0.3, 0.4) is 0 Å². The molecule has 0 spiro atoms. The highest BCUT2D eigenvalue weighted by Gasteiger charge is 2.21. The third-order valence-corrected chi connectivity index (χ3v) is 5.96. The first-order chi connectivity index (χ1) is 14.1. The minimum atomic E-state index is -3.85. The van der Waals surface area contributed by atoms with Gasteiger partial charge in [0, 0.05) is 17.1 Å². The monoisotopic (exact) mass is 404 g/mol. The predicted octanol–water partition coefficient (Wildman–Crippen LogP) is 5.10. The maximum Gasteiger partial charge on any atom is 0.262 e. The third-order valence-electron chi connectivity index (χ3n) is 4.54. The maximum atomic E-state index is 13.3. The van der Waals surface area contributed by atoms with E-state index in [1.807, 2.05) is 55.5 Å². The van der Waals surface area contributed by atoms with Crippen molar-refractivity contribution in [3.05, 3.63) is 85.1 Å². The fourth-order valence-corrected chi connectivity index (χ4v) is 4.55. The van der Waals surface area contributed by atoms with Crippen LogP contribution in [0.15, 0.2) is 90.0 Å². The van der Waals surface area contributed by atoms with E-state index in [0.29, 0.717) is 28.9 Å². The van der Waals surface area contributed by atoms with Crippen LogP contribution in [0, 0.1) is 0 Å². The Hall–Kier alpha value is -3.38. The second-order valence-electron chi connectivity index (χ2n) is 6.41. The lowest BCUT2D eigenvalue weighted by Gasteiger charge is -2.15. The minimum Gasteiger partial charge on any atom is -0.492 e. The van der Waals surface area contributed by atoms with Crippen LogP contribution in [0.1, 0.15) is 6.92 Å². The Morgan fingerprint density at radius 3 is 2.45 bits per heavy atom. The zero-order valence-electron chi connectivity index (χ0n) is 15.9. The van der Waals surface area contributed by atoms with Gasteiger partial charge in [-0.2, -0.15) is 0 Å². The standard InChI is InChI=1S/C23H20N2O3S/c1-2-28-21-14-15-22(19-12-8-16-24-23(19)21)29(26,27)25-20-13-7-6-11-18(20)17-9-4-3-5-10-17/h3-16,25H,2H2,1H3. The highest BCUT2D eigenvalue weighted by molar-refractivity contribution is 7.93. The first-order valence-corrected chi connectivity index (χ1v) is 10.8. The summed E-state index contributed by atoms with van der Waals surface area (Å²) in [4.78, 5) is 4.49. The smallest absolute Gasteiger partial charge is 0.262 e. The number of benzene rings is 3. The number of anilines is 1. The zero-order chi connectivity index (χ0) is 20.3. The summed E-state index contributed by atoms with van der Waals surface area (Å²) in [6.07, 6.45) is 1.62. The molecule has 0 atom stereocenters. The summed E-state index contributed by atoms with van der Waals surface area (Å²) in [7, 11) is -3.85. The van der Waals surface area contributed by atoms with Crippen molar-refractivity contribution in [2.75, 3.05) is 11.3 Å². The fourth-order valence-electron chi connectivity index (χ4n) is 3.27. The van der Waals surface area contributed by atoms with E-state index in [-0.39, 0.29) is 4.90 Å². The molecule has 1 N–H and O–H groups in total. The van der Waals surface area contributed by atoms with Gasteiger partial charge in [-0.15, -0.1) is 0 Å². The van der Waals surface area contributed by atoms with Crippen LogP contribution in [0.5, 0.6) is 5.75 Å². The summed E-state index contributed by atoms with van der Waals surface area (Å²) >= 11 is 0. The molecule has 0 fully saturated rings. The molecule has 0 aliphatic carbocycles. The molecule has 0 unspecified atom stereocenters. The second kappa shape index (κ2) is 7.93. The molecule has 0 saturated carbocycles. The van der Waals surface area contributed by atoms with Gasteiger partial charge >= 0.3 is 0 Å². The zero-order valence-corrected chi connectivity index (χ0v) is 16.7. The van der Waals surface area contributed by atoms with Crippen molar-refractivity contribution in [3.8, 4) is 16.9 Å². The van der Waals surface area contributed by atoms with E-state index in [1.54, 1.807) is 36.5 Å². The Morgan fingerprint density at radius 1 is 0.897 bits per heavy atom. The van der Waals surface area contributed by atoms with Gasteiger partial charge in [0.15, 0.2) is 0 Å². The molecule has 0 bridgehead atoms. The normalized spacial score (nSPS) is 11.3. The van der Waals surface area contributed by atoms with Gasteiger partial charge in [-0.3, -0.25) is 9.71 Å². The first kappa shape index (κ1) is 19.0. The van der Waals surface area contributed by atoms with Crippen LogP contribution in [0.25, 0.3) is 22.0 Å². The lowest BCUT2D eigenvalue weighted by Crippen LogP contribution is -2.14. The summed E-state index contributed by atoms with van der Waals surface area (Å²) in [6.45, 7) is 2.35. The number of pyridine rings is 1. The number of sulfonamides is 1. The van der Waals surface area contributed by atoms with Gasteiger partial charge < -0.3 is 4.74 Å². The second-order valence-corrected chi connectivity index (χ2v) is 8.06. The number of hydrogen-bond acceptors (Lipinski definition) is 4. The summed E-state index contributed by atoms with van der Waals surface area (Å²) in [6, 6.07) is 23.7. The highest BCUT2D eigenvalue weighted by Crippen LogP contribution is 2.33. The van der Waals surface area contributed by atoms with E-state index in [2.05, 4.69) is 9.71 Å². The van der Waals surface area contributed by atoms with Gasteiger partial charge in [-0.25, -0.2) is 8.42 Å². The van der Waals surface area contributed by atoms with Crippen LogP contribution in [0.2, 0.25) is 0 Å². The van der Waals surface area contributed by atoms with Gasteiger partial charge in [-0.1, -0.05) is 48.5 Å². The van der Waals surface area contributed by atoms with Crippen LogP contribution in [0.4, 0.5) is 5.69 Å². The largest absolute Gasteiger partial charge is 0.492 e. The average molecular weight is 404 g/mol.